The van der Waals surface area contributed by atoms with E-state index < -0.39 is 0 Å². The zero-order valence-electron chi connectivity index (χ0n) is 14.0. The molecule has 2 rings (SSSR count). The molecule has 0 saturated heterocycles. The maximum absolute atomic E-state index is 12.0. The van der Waals surface area contributed by atoms with Gasteiger partial charge in [0.1, 0.15) is 11.5 Å². The molecule has 0 fully saturated rings. The number of carbonyl (C=O) groups excluding carboxylic acids is 2. The molecule has 0 aromatic heterocycles. The summed E-state index contributed by atoms with van der Waals surface area (Å²) in [4.78, 5) is 23.8. The Labute approximate surface area is 160 Å². The maximum atomic E-state index is 12.0. The van der Waals surface area contributed by atoms with E-state index in [1.165, 1.54) is 7.11 Å². The smallest absolute Gasteiger partial charge is 0.258 e. The Morgan fingerprint density at radius 2 is 1.92 bits per heavy atom. The van der Waals surface area contributed by atoms with Crippen molar-refractivity contribution >= 4 is 40.1 Å². The second kappa shape index (κ2) is 9.26. The van der Waals surface area contributed by atoms with Gasteiger partial charge >= 0.3 is 0 Å². The van der Waals surface area contributed by atoms with Gasteiger partial charge in [0.2, 0.25) is 5.91 Å². The standard InChI is InChI=1S/C18H19IN2O4/c1-12-6-7-16(24-2)15(8-12)21-17(22)10-20-18(23)11-25-14-5-3-4-13(19)9-14/h3-9H,10-11H2,1-2H3,(H,20,23)(H,21,22). The number of rotatable bonds is 7. The molecule has 7 heteroatoms. The van der Waals surface area contributed by atoms with Gasteiger partial charge in [0.25, 0.3) is 5.91 Å². The highest BCUT2D eigenvalue weighted by Gasteiger charge is 2.10. The van der Waals surface area contributed by atoms with E-state index in [2.05, 4.69) is 33.2 Å². The van der Waals surface area contributed by atoms with Gasteiger partial charge in [-0.1, -0.05) is 12.1 Å². The van der Waals surface area contributed by atoms with Gasteiger partial charge in [-0.15, -0.1) is 0 Å². The van der Waals surface area contributed by atoms with Crippen LogP contribution in [0, 0.1) is 10.5 Å². The van der Waals surface area contributed by atoms with Crippen LogP contribution < -0.4 is 20.1 Å². The van der Waals surface area contributed by atoms with Gasteiger partial charge in [0.15, 0.2) is 6.61 Å². The molecule has 2 aromatic carbocycles. The Kier molecular flexibility index (Phi) is 7.05. The number of carbonyl (C=O) groups is 2. The summed E-state index contributed by atoms with van der Waals surface area (Å²) in [5, 5.41) is 5.24. The van der Waals surface area contributed by atoms with Crippen molar-refractivity contribution in [2.75, 3.05) is 25.6 Å². The van der Waals surface area contributed by atoms with E-state index in [0.29, 0.717) is 17.2 Å². The lowest BCUT2D eigenvalue weighted by Gasteiger charge is -2.12. The number of halogens is 1. The number of aryl methyl sites for hydroxylation is 1. The van der Waals surface area contributed by atoms with E-state index in [0.717, 1.165) is 9.13 Å². The van der Waals surface area contributed by atoms with E-state index in [-0.39, 0.29) is 25.0 Å². The summed E-state index contributed by atoms with van der Waals surface area (Å²) < 4.78 is 11.6. The van der Waals surface area contributed by atoms with E-state index >= 15 is 0 Å². The van der Waals surface area contributed by atoms with Crippen LogP contribution in [0.5, 0.6) is 11.5 Å². The van der Waals surface area contributed by atoms with Crippen LogP contribution in [-0.2, 0) is 9.59 Å². The van der Waals surface area contributed by atoms with Gasteiger partial charge in [-0.2, -0.15) is 0 Å². The van der Waals surface area contributed by atoms with Crippen molar-refractivity contribution in [3.8, 4) is 11.5 Å². The monoisotopic (exact) mass is 454 g/mol. The third-order valence-corrected chi connectivity index (χ3v) is 3.91. The molecule has 0 radical (unpaired) electrons. The minimum atomic E-state index is -0.370. The minimum Gasteiger partial charge on any atom is -0.495 e. The second-order valence-corrected chi connectivity index (χ2v) is 6.52. The lowest BCUT2D eigenvalue weighted by atomic mass is 10.2. The van der Waals surface area contributed by atoms with Crippen molar-refractivity contribution in [2.24, 2.45) is 0 Å². The molecule has 0 unspecified atom stereocenters. The van der Waals surface area contributed by atoms with Crippen molar-refractivity contribution < 1.29 is 19.1 Å². The SMILES string of the molecule is COc1ccc(C)cc1NC(=O)CNC(=O)COc1cccc(I)c1. The van der Waals surface area contributed by atoms with Gasteiger partial charge < -0.3 is 20.1 Å². The summed E-state index contributed by atoms with van der Waals surface area (Å²) in [6.07, 6.45) is 0. The molecule has 0 spiro atoms. The molecule has 2 amide bonds. The third-order valence-electron chi connectivity index (χ3n) is 3.24. The van der Waals surface area contributed by atoms with Gasteiger partial charge in [-0.05, 0) is 65.4 Å². The van der Waals surface area contributed by atoms with Gasteiger partial charge in [-0.3, -0.25) is 9.59 Å². The fraction of sp³-hybridized carbons (Fsp3) is 0.222. The molecule has 0 aliphatic carbocycles. The maximum Gasteiger partial charge on any atom is 0.258 e. The molecule has 2 N–H and O–H groups in total. The van der Waals surface area contributed by atoms with Crippen molar-refractivity contribution in [3.63, 3.8) is 0 Å². The molecule has 132 valence electrons. The van der Waals surface area contributed by atoms with E-state index in [1.807, 2.05) is 31.2 Å². The highest BCUT2D eigenvalue weighted by atomic mass is 127. The fourth-order valence-electron chi connectivity index (χ4n) is 2.05. The lowest BCUT2D eigenvalue weighted by molar-refractivity contribution is -0.125. The van der Waals surface area contributed by atoms with Gasteiger partial charge in [-0.25, -0.2) is 0 Å². The molecule has 0 bridgehead atoms. The molecule has 0 atom stereocenters. The molecule has 25 heavy (non-hydrogen) atoms. The molecule has 0 saturated carbocycles. The first-order valence-corrected chi connectivity index (χ1v) is 8.65. The van der Waals surface area contributed by atoms with Crippen molar-refractivity contribution in [1.29, 1.82) is 0 Å². The van der Waals surface area contributed by atoms with Crippen LogP contribution in [0.4, 0.5) is 5.69 Å². The van der Waals surface area contributed by atoms with Crippen LogP contribution in [0.3, 0.4) is 0 Å². The summed E-state index contributed by atoms with van der Waals surface area (Å²) in [6.45, 7) is 1.62. The van der Waals surface area contributed by atoms with Crippen LogP contribution in [0.1, 0.15) is 5.56 Å². The number of amides is 2. The summed E-state index contributed by atoms with van der Waals surface area (Å²) in [5.41, 5.74) is 1.56. The average molecular weight is 454 g/mol. The van der Waals surface area contributed by atoms with Crippen molar-refractivity contribution in [2.45, 2.75) is 6.92 Å². The van der Waals surface area contributed by atoms with E-state index in [4.69, 9.17) is 9.47 Å². The van der Waals surface area contributed by atoms with E-state index in [9.17, 15) is 9.59 Å². The number of ether oxygens (including phenoxy) is 2. The lowest BCUT2D eigenvalue weighted by Crippen LogP contribution is -2.35. The van der Waals surface area contributed by atoms with Crippen LogP contribution in [0.25, 0.3) is 0 Å². The molecule has 0 aliphatic heterocycles. The van der Waals surface area contributed by atoms with Crippen molar-refractivity contribution in [3.05, 3.63) is 51.6 Å². The van der Waals surface area contributed by atoms with Crippen LogP contribution in [-0.4, -0.2) is 32.1 Å². The summed E-state index contributed by atoms with van der Waals surface area (Å²) in [5.74, 6) is 0.458. The first kappa shape index (κ1) is 19.0. The third kappa shape index (κ3) is 6.26. The van der Waals surface area contributed by atoms with E-state index in [1.54, 1.807) is 18.2 Å². The van der Waals surface area contributed by atoms with Gasteiger partial charge in [0.05, 0.1) is 19.3 Å². The Morgan fingerprint density at radius 3 is 2.64 bits per heavy atom. The van der Waals surface area contributed by atoms with Crippen LogP contribution in [0.2, 0.25) is 0 Å². The summed E-state index contributed by atoms with van der Waals surface area (Å²) in [6, 6.07) is 12.8. The zero-order chi connectivity index (χ0) is 18.2. The molecular weight excluding hydrogens is 435 g/mol. The minimum absolute atomic E-state index is 0.147. The largest absolute Gasteiger partial charge is 0.495 e. The quantitative estimate of drug-likeness (QED) is 0.631. The number of methoxy groups -OCH3 is 1. The molecule has 2 aromatic rings. The summed E-state index contributed by atoms with van der Waals surface area (Å²) >= 11 is 2.16. The second-order valence-electron chi connectivity index (χ2n) is 5.27. The predicted octanol–water partition coefficient (Wildman–Crippen LogP) is 2.74. The molecule has 6 nitrogen and oxygen atoms in total. The highest BCUT2D eigenvalue weighted by Crippen LogP contribution is 2.24. The van der Waals surface area contributed by atoms with Gasteiger partial charge in [0, 0.05) is 3.57 Å². The first-order chi connectivity index (χ1) is 12.0. The fourth-order valence-corrected chi connectivity index (χ4v) is 2.56. The number of hydrogen-bond donors (Lipinski definition) is 2. The number of anilines is 1. The normalized spacial score (nSPS) is 10.0. The number of nitrogens with one attached hydrogen (secondary N) is 2. The Bertz CT molecular complexity index is 764. The first-order valence-electron chi connectivity index (χ1n) is 7.57. The molecule has 0 heterocycles. The average Bonchev–Trinajstić information content (AvgIpc) is 2.58. The number of benzene rings is 2. The van der Waals surface area contributed by atoms with Crippen LogP contribution >= 0.6 is 22.6 Å². The molecule has 0 aliphatic rings. The Hall–Kier alpha value is -2.29. The zero-order valence-corrected chi connectivity index (χ0v) is 16.1. The van der Waals surface area contributed by atoms with Crippen LogP contribution in [0.15, 0.2) is 42.5 Å². The molecular formula is C18H19IN2O4. The number of hydrogen-bond acceptors (Lipinski definition) is 4. The topological polar surface area (TPSA) is 76.7 Å². The summed E-state index contributed by atoms with van der Waals surface area (Å²) in [7, 11) is 1.53. The Morgan fingerprint density at radius 1 is 1.12 bits per heavy atom. The Balaban J connectivity index is 1.79. The highest BCUT2D eigenvalue weighted by molar-refractivity contribution is 14.1. The predicted molar refractivity (Wildman–Crippen MR) is 104 cm³/mol. The van der Waals surface area contributed by atoms with Crippen molar-refractivity contribution in [1.82, 2.24) is 5.32 Å².